The van der Waals surface area contributed by atoms with E-state index in [0.29, 0.717) is 35.1 Å². The van der Waals surface area contributed by atoms with Crippen LogP contribution in [0.4, 0.5) is 0 Å². The average molecular weight is 417 g/mol. The molecule has 8 heteroatoms. The van der Waals surface area contributed by atoms with Gasteiger partial charge >= 0.3 is 0 Å². The minimum atomic E-state index is 0.0350. The molecule has 1 atom stereocenters. The molecule has 3 aromatic heterocycles. The molecule has 0 fully saturated rings. The lowest BCUT2D eigenvalue weighted by Crippen LogP contribution is -2.23. The number of hydrogen-bond acceptors (Lipinski definition) is 7. The highest BCUT2D eigenvalue weighted by Gasteiger charge is 2.24. The van der Waals surface area contributed by atoms with Crippen LogP contribution in [0, 0.1) is 5.92 Å². The van der Waals surface area contributed by atoms with E-state index in [4.69, 9.17) is 9.51 Å². The Morgan fingerprint density at radius 3 is 2.96 bits per heavy atom. The quantitative estimate of drug-likeness (QED) is 0.333. The first kappa shape index (κ1) is 19.4. The van der Waals surface area contributed by atoms with Gasteiger partial charge in [-0.1, -0.05) is 43.8 Å². The number of thiophene rings is 1. The van der Waals surface area contributed by atoms with Gasteiger partial charge in [0.15, 0.2) is 11.0 Å². The van der Waals surface area contributed by atoms with Crippen molar-refractivity contribution in [3.8, 4) is 0 Å². The molecule has 1 unspecified atom stereocenters. The van der Waals surface area contributed by atoms with E-state index in [-0.39, 0.29) is 11.5 Å². The van der Waals surface area contributed by atoms with E-state index in [0.717, 1.165) is 29.5 Å². The van der Waals surface area contributed by atoms with Crippen LogP contribution in [0.2, 0.25) is 0 Å². The first-order valence-corrected chi connectivity index (χ1v) is 11.4. The molecule has 0 amide bonds. The van der Waals surface area contributed by atoms with E-state index in [1.54, 1.807) is 22.0 Å². The molecule has 0 spiro atoms. The number of fused-ring (bicyclic) bond motifs is 3. The Kier molecular flexibility index (Phi) is 5.42. The van der Waals surface area contributed by atoms with Crippen LogP contribution in [0.15, 0.2) is 27.1 Å². The van der Waals surface area contributed by atoms with Crippen LogP contribution in [0.3, 0.4) is 0 Å². The summed E-state index contributed by atoms with van der Waals surface area (Å²) in [5.41, 5.74) is 1.25. The van der Waals surface area contributed by atoms with Gasteiger partial charge in [-0.2, -0.15) is 4.98 Å². The lowest BCUT2D eigenvalue weighted by atomic mass is 9.89. The molecule has 28 heavy (non-hydrogen) atoms. The maximum Gasteiger partial charge on any atom is 0.263 e. The third-order valence-corrected chi connectivity index (χ3v) is 7.13. The Morgan fingerprint density at radius 1 is 1.43 bits per heavy atom. The number of aromatic nitrogens is 4. The molecule has 0 bridgehead atoms. The van der Waals surface area contributed by atoms with Crippen LogP contribution in [-0.4, -0.2) is 19.7 Å². The van der Waals surface area contributed by atoms with Gasteiger partial charge in [0.05, 0.1) is 11.1 Å². The molecule has 0 N–H and O–H groups in total. The third kappa shape index (κ3) is 3.55. The van der Waals surface area contributed by atoms with Gasteiger partial charge in [-0.3, -0.25) is 9.36 Å². The van der Waals surface area contributed by atoms with E-state index in [1.807, 2.05) is 13.8 Å². The van der Waals surface area contributed by atoms with Gasteiger partial charge < -0.3 is 4.52 Å². The van der Waals surface area contributed by atoms with Crippen molar-refractivity contribution in [2.45, 2.75) is 63.4 Å². The van der Waals surface area contributed by atoms with Gasteiger partial charge in [-0.05, 0) is 30.7 Å². The Bertz CT molecular complexity index is 1080. The highest BCUT2D eigenvalue weighted by Crippen LogP contribution is 2.36. The van der Waals surface area contributed by atoms with Crippen LogP contribution < -0.4 is 5.56 Å². The largest absolute Gasteiger partial charge is 0.338 e. The second-order valence-electron chi connectivity index (χ2n) is 7.62. The van der Waals surface area contributed by atoms with E-state index >= 15 is 0 Å². The Morgan fingerprint density at radius 2 is 2.25 bits per heavy atom. The fourth-order valence-electron chi connectivity index (χ4n) is 3.49. The van der Waals surface area contributed by atoms with E-state index in [1.165, 1.54) is 22.2 Å². The Hall–Kier alpha value is -1.93. The molecule has 0 aliphatic heterocycles. The summed E-state index contributed by atoms with van der Waals surface area (Å²) in [6.07, 6.45) is 4.88. The normalized spacial score (nSPS) is 16.6. The fraction of sp³-hybridized carbons (Fsp3) is 0.500. The van der Waals surface area contributed by atoms with Crippen LogP contribution in [-0.2, 0) is 25.1 Å². The second-order valence-corrected chi connectivity index (χ2v) is 9.65. The summed E-state index contributed by atoms with van der Waals surface area (Å²) in [4.78, 5) is 24.7. The lowest BCUT2D eigenvalue weighted by molar-refractivity contribution is 0.382. The molecular weight excluding hydrogens is 392 g/mol. The smallest absolute Gasteiger partial charge is 0.263 e. The third-order valence-electron chi connectivity index (χ3n) is 5.02. The summed E-state index contributed by atoms with van der Waals surface area (Å²) in [7, 11) is 0. The van der Waals surface area contributed by atoms with Gasteiger partial charge in [0.1, 0.15) is 4.83 Å². The molecule has 0 saturated carbocycles. The number of thioether (sulfide) groups is 1. The number of hydrogen-bond donors (Lipinski definition) is 0. The fourth-order valence-corrected chi connectivity index (χ4v) is 5.76. The molecule has 3 aromatic rings. The van der Waals surface area contributed by atoms with Crippen molar-refractivity contribution in [2.75, 3.05) is 0 Å². The topological polar surface area (TPSA) is 73.8 Å². The molecular formula is C20H24N4O2S2. The standard InChI is InChI=1S/C20H24N4O2S2/c1-5-8-24-19(25)16-13-7-6-12(4)9-14(13)28-18(16)22-20(24)27-10-15-21-17(11(2)3)23-26-15/h5,11-12H,1,6-10H2,2-4H3. The summed E-state index contributed by atoms with van der Waals surface area (Å²) in [6.45, 7) is 10.6. The van der Waals surface area contributed by atoms with Gasteiger partial charge in [0.25, 0.3) is 5.56 Å². The molecule has 4 rings (SSSR count). The van der Waals surface area contributed by atoms with Gasteiger partial charge in [-0.25, -0.2) is 4.98 Å². The van der Waals surface area contributed by atoms with Crippen molar-refractivity contribution in [1.29, 1.82) is 0 Å². The van der Waals surface area contributed by atoms with Crippen LogP contribution in [0.25, 0.3) is 10.2 Å². The van der Waals surface area contributed by atoms with Crippen molar-refractivity contribution in [3.05, 3.63) is 45.2 Å². The molecule has 148 valence electrons. The van der Waals surface area contributed by atoms with E-state index < -0.39 is 0 Å². The van der Waals surface area contributed by atoms with Crippen molar-refractivity contribution >= 4 is 33.3 Å². The van der Waals surface area contributed by atoms with Crippen molar-refractivity contribution in [1.82, 2.24) is 19.7 Å². The molecule has 3 heterocycles. The summed E-state index contributed by atoms with van der Waals surface area (Å²) >= 11 is 3.13. The Labute approximate surface area is 172 Å². The molecule has 0 saturated heterocycles. The van der Waals surface area contributed by atoms with Crippen LogP contribution in [0.1, 0.15) is 55.3 Å². The van der Waals surface area contributed by atoms with E-state index in [9.17, 15) is 4.79 Å². The molecule has 6 nitrogen and oxygen atoms in total. The average Bonchev–Trinajstić information content (AvgIpc) is 3.26. The van der Waals surface area contributed by atoms with Gasteiger partial charge in [-0.15, -0.1) is 17.9 Å². The van der Waals surface area contributed by atoms with Crippen LogP contribution in [0.5, 0.6) is 0 Å². The molecule has 1 aliphatic rings. The summed E-state index contributed by atoms with van der Waals surface area (Å²) in [5.74, 6) is 2.61. The predicted molar refractivity (Wildman–Crippen MR) is 113 cm³/mol. The number of aryl methyl sites for hydroxylation is 1. The van der Waals surface area contributed by atoms with E-state index in [2.05, 4.69) is 23.6 Å². The van der Waals surface area contributed by atoms with Crippen LogP contribution >= 0.6 is 23.1 Å². The zero-order valence-electron chi connectivity index (χ0n) is 16.4. The minimum Gasteiger partial charge on any atom is -0.338 e. The lowest BCUT2D eigenvalue weighted by Gasteiger charge is -2.17. The first-order valence-electron chi connectivity index (χ1n) is 9.59. The minimum absolute atomic E-state index is 0.0350. The van der Waals surface area contributed by atoms with Crippen molar-refractivity contribution in [3.63, 3.8) is 0 Å². The molecule has 0 aromatic carbocycles. The van der Waals surface area contributed by atoms with Gasteiger partial charge in [0, 0.05) is 17.3 Å². The van der Waals surface area contributed by atoms with Crippen molar-refractivity contribution < 1.29 is 4.52 Å². The molecule has 0 radical (unpaired) electrons. The summed E-state index contributed by atoms with van der Waals surface area (Å²) in [5, 5.41) is 5.48. The number of nitrogens with zero attached hydrogens (tertiary/aromatic N) is 4. The first-order chi connectivity index (χ1) is 13.5. The zero-order valence-corrected chi connectivity index (χ0v) is 18.0. The van der Waals surface area contributed by atoms with Crippen molar-refractivity contribution in [2.24, 2.45) is 5.92 Å². The van der Waals surface area contributed by atoms with Gasteiger partial charge in [0.2, 0.25) is 5.89 Å². The highest BCUT2D eigenvalue weighted by atomic mass is 32.2. The summed E-state index contributed by atoms with van der Waals surface area (Å²) in [6, 6.07) is 0. The number of rotatable bonds is 6. The monoisotopic (exact) mass is 416 g/mol. The predicted octanol–water partition coefficient (Wildman–Crippen LogP) is 4.57. The summed E-state index contributed by atoms with van der Waals surface area (Å²) < 4.78 is 7.04. The highest BCUT2D eigenvalue weighted by molar-refractivity contribution is 7.98. The molecule has 1 aliphatic carbocycles. The number of allylic oxidation sites excluding steroid dienone is 1. The second kappa shape index (κ2) is 7.83. The maximum atomic E-state index is 13.3. The maximum absolute atomic E-state index is 13.3. The zero-order chi connectivity index (χ0) is 19.8. The Balaban J connectivity index is 1.71. The SMILES string of the molecule is C=CCn1c(SCc2nc(C(C)C)no2)nc2sc3c(c2c1=O)CCC(C)C3.